The Morgan fingerprint density at radius 3 is 2.75 bits per heavy atom. The first-order valence-electron chi connectivity index (χ1n) is 6.30. The van der Waals surface area contributed by atoms with Gasteiger partial charge in [0.25, 0.3) is 0 Å². The summed E-state index contributed by atoms with van der Waals surface area (Å²) < 4.78 is 5.65. The zero-order valence-electron chi connectivity index (χ0n) is 10.8. The molecule has 0 saturated heterocycles. The second-order valence-electron chi connectivity index (χ2n) is 4.60. The van der Waals surface area contributed by atoms with Crippen molar-refractivity contribution < 1.29 is 4.74 Å². The van der Waals surface area contributed by atoms with Crippen LogP contribution in [0.3, 0.4) is 0 Å². The maximum Gasteiger partial charge on any atom is 0.143 e. The minimum atomic E-state index is 0. The van der Waals surface area contributed by atoms with Crippen LogP contribution in [0.25, 0.3) is 0 Å². The van der Waals surface area contributed by atoms with E-state index < -0.39 is 0 Å². The minimum Gasteiger partial charge on any atom is -0.490 e. The van der Waals surface area contributed by atoms with E-state index in [9.17, 15) is 5.26 Å². The fourth-order valence-electron chi connectivity index (χ4n) is 2.39. The van der Waals surface area contributed by atoms with E-state index in [2.05, 4.69) is 11.0 Å². The molecule has 0 amide bonds. The zero-order chi connectivity index (χ0) is 13.2. The lowest BCUT2D eigenvalue weighted by Crippen LogP contribution is -2.29. The Labute approximate surface area is 120 Å². The fourth-order valence-corrected chi connectivity index (χ4v) is 2.39. The van der Waals surface area contributed by atoms with Crippen LogP contribution < -0.4 is 9.64 Å². The molecule has 0 aromatic heterocycles. The van der Waals surface area contributed by atoms with Crippen LogP contribution in [-0.2, 0) is 0 Å². The van der Waals surface area contributed by atoms with Crippen LogP contribution in [0.4, 0.5) is 11.4 Å². The van der Waals surface area contributed by atoms with Crippen LogP contribution in [0.1, 0.15) is 18.6 Å². The van der Waals surface area contributed by atoms with Gasteiger partial charge in [0.05, 0.1) is 23.5 Å². The zero-order valence-corrected chi connectivity index (χ0v) is 10.8. The van der Waals surface area contributed by atoms with Crippen LogP contribution in [0.15, 0.2) is 42.5 Å². The third-order valence-corrected chi connectivity index (χ3v) is 3.29. The lowest BCUT2D eigenvalue weighted by Gasteiger charge is -2.31. The predicted octanol–water partition coefficient (Wildman–Crippen LogP) is 4.03. The summed E-state index contributed by atoms with van der Waals surface area (Å²) >= 11 is 0. The minimum absolute atomic E-state index is 0. The summed E-state index contributed by atoms with van der Waals surface area (Å²) in [5.41, 5.74) is 3.77. The van der Waals surface area contributed by atoms with Crippen molar-refractivity contribution in [1.82, 2.24) is 0 Å². The predicted molar refractivity (Wildman–Crippen MR) is 81.6 cm³/mol. The van der Waals surface area contributed by atoms with Gasteiger partial charge >= 0.3 is 0 Å². The van der Waals surface area contributed by atoms with Gasteiger partial charge in [-0.2, -0.15) is 5.26 Å². The highest BCUT2D eigenvalue weighted by Crippen LogP contribution is 2.37. The van der Waals surface area contributed by atoms with Gasteiger partial charge in [0.1, 0.15) is 18.4 Å². The number of ether oxygens (including phenoxy) is 1. The van der Waals surface area contributed by atoms with Crippen molar-refractivity contribution in [2.45, 2.75) is 14.4 Å². The smallest absolute Gasteiger partial charge is 0.143 e. The van der Waals surface area contributed by atoms with E-state index in [0.717, 1.165) is 29.2 Å². The maximum atomic E-state index is 9.31. The first-order valence-corrected chi connectivity index (χ1v) is 6.30. The van der Waals surface area contributed by atoms with Gasteiger partial charge in [-0.1, -0.05) is 25.6 Å². The Bertz CT molecular complexity index is 658. The molecule has 0 aliphatic carbocycles. The summed E-state index contributed by atoms with van der Waals surface area (Å²) in [6.45, 7) is 3.39. The summed E-state index contributed by atoms with van der Waals surface area (Å²) in [7, 11) is 0. The molecule has 0 fully saturated rings. The van der Waals surface area contributed by atoms with Crippen molar-refractivity contribution in [3.8, 4) is 11.8 Å². The van der Waals surface area contributed by atoms with Crippen molar-refractivity contribution in [1.29, 1.82) is 5.26 Å². The first kappa shape index (κ1) is 14.0. The van der Waals surface area contributed by atoms with E-state index in [0.29, 0.717) is 12.2 Å². The van der Waals surface area contributed by atoms with E-state index >= 15 is 0 Å². The van der Waals surface area contributed by atoms with Gasteiger partial charge in [0.15, 0.2) is 0 Å². The molecular formula is C17H18N2O. The average Bonchev–Trinajstić information content (AvgIpc) is 2.46. The number of hydrogen-bond donors (Lipinski definition) is 0. The van der Waals surface area contributed by atoms with Gasteiger partial charge in [-0.25, -0.2) is 0 Å². The van der Waals surface area contributed by atoms with E-state index in [1.807, 2.05) is 49.4 Å². The number of fused-ring (bicyclic) bond motifs is 1. The first-order chi connectivity index (χ1) is 9.29. The lowest BCUT2D eigenvalue weighted by atomic mass is 10.1. The second kappa shape index (κ2) is 5.66. The maximum absolute atomic E-state index is 9.31. The number of nitrogens with zero attached hydrogens (tertiary/aromatic N) is 2. The monoisotopic (exact) mass is 266 g/mol. The number of para-hydroxylation sites is 2. The van der Waals surface area contributed by atoms with Crippen molar-refractivity contribution in [3.05, 3.63) is 53.6 Å². The molecule has 0 bridgehead atoms. The van der Waals surface area contributed by atoms with Crippen molar-refractivity contribution >= 4 is 11.4 Å². The number of aryl methyl sites for hydroxylation is 1. The molecular weight excluding hydrogens is 248 g/mol. The largest absolute Gasteiger partial charge is 0.490 e. The number of anilines is 2. The summed E-state index contributed by atoms with van der Waals surface area (Å²) in [6.07, 6.45) is 0. The molecule has 3 nitrogen and oxygen atoms in total. The summed E-state index contributed by atoms with van der Waals surface area (Å²) in [5, 5.41) is 9.31. The molecule has 0 radical (unpaired) electrons. The van der Waals surface area contributed by atoms with Crippen molar-refractivity contribution in [2.75, 3.05) is 18.1 Å². The Balaban J connectivity index is 0.00000147. The quantitative estimate of drug-likeness (QED) is 0.781. The molecule has 3 heteroatoms. The van der Waals surface area contributed by atoms with Crippen LogP contribution in [0.5, 0.6) is 5.75 Å². The molecule has 102 valence electrons. The van der Waals surface area contributed by atoms with E-state index in [-0.39, 0.29) is 7.43 Å². The van der Waals surface area contributed by atoms with Gasteiger partial charge in [-0.05, 0) is 36.8 Å². The van der Waals surface area contributed by atoms with Gasteiger partial charge in [0, 0.05) is 0 Å². The highest BCUT2D eigenvalue weighted by molar-refractivity contribution is 5.74. The average molecular weight is 266 g/mol. The number of rotatable bonds is 1. The van der Waals surface area contributed by atoms with Crippen LogP contribution >= 0.6 is 0 Å². The van der Waals surface area contributed by atoms with E-state index in [1.54, 1.807) is 0 Å². The van der Waals surface area contributed by atoms with Gasteiger partial charge in [0.2, 0.25) is 0 Å². The summed E-state index contributed by atoms with van der Waals surface area (Å²) in [6, 6.07) is 16.2. The molecule has 2 aromatic carbocycles. The molecule has 0 unspecified atom stereocenters. The number of nitriles is 1. The van der Waals surface area contributed by atoms with Crippen molar-refractivity contribution in [3.63, 3.8) is 0 Å². The van der Waals surface area contributed by atoms with Crippen molar-refractivity contribution in [2.24, 2.45) is 0 Å². The lowest BCUT2D eigenvalue weighted by molar-refractivity contribution is 0.314. The third kappa shape index (κ3) is 2.33. The molecule has 2 aromatic rings. The Morgan fingerprint density at radius 2 is 1.95 bits per heavy atom. The van der Waals surface area contributed by atoms with Gasteiger partial charge in [-0.15, -0.1) is 0 Å². The molecule has 0 N–H and O–H groups in total. The summed E-state index contributed by atoms with van der Waals surface area (Å²) in [5.74, 6) is 0.873. The number of benzene rings is 2. The molecule has 1 aliphatic rings. The Hall–Kier alpha value is -2.47. The molecule has 20 heavy (non-hydrogen) atoms. The molecule has 1 aliphatic heterocycles. The summed E-state index contributed by atoms with van der Waals surface area (Å²) in [4.78, 5) is 2.15. The molecule has 0 spiro atoms. The molecule has 1 heterocycles. The van der Waals surface area contributed by atoms with Crippen LogP contribution in [-0.4, -0.2) is 13.2 Å². The Kier molecular flexibility index (Phi) is 3.95. The van der Waals surface area contributed by atoms with Crippen LogP contribution in [0.2, 0.25) is 0 Å². The highest BCUT2D eigenvalue weighted by Gasteiger charge is 2.20. The van der Waals surface area contributed by atoms with E-state index in [1.165, 1.54) is 0 Å². The molecule has 0 atom stereocenters. The highest BCUT2D eigenvalue weighted by atomic mass is 16.5. The SMILES string of the molecule is C.Cc1ccc(N2CCOc3ccccc32)c(C#N)c1. The van der Waals surface area contributed by atoms with E-state index in [4.69, 9.17) is 4.74 Å². The molecule has 0 saturated carbocycles. The standard InChI is InChI=1S/C16H14N2O.CH4/c1-12-6-7-14(13(10-12)11-17)18-8-9-19-16-5-3-2-4-15(16)18;/h2-7,10H,8-9H2,1H3;1H4. The topological polar surface area (TPSA) is 36.3 Å². The third-order valence-electron chi connectivity index (χ3n) is 3.29. The van der Waals surface area contributed by atoms with Gasteiger partial charge in [-0.3, -0.25) is 0 Å². The fraction of sp³-hybridized carbons (Fsp3) is 0.235. The molecule has 3 rings (SSSR count). The second-order valence-corrected chi connectivity index (χ2v) is 4.60. The normalized spacial score (nSPS) is 12.7. The van der Waals surface area contributed by atoms with Gasteiger partial charge < -0.3 is 9.64 Å². The Morgan fingerprint density at radius 1 is 1.15 bits per heavy atom. The van der Waals surface area contributed by atoms with Crippen LogP contribution in [0, 0.1) is 18.3 Å². The number of hydrogen-bond acceptors (Lipinski definition) is 3.